The topological polar surface area (TPSA) is 40.5 Å². The number of hydrogen-bond donors (Lipinski definition) is 2. The second kappa shape index (κ2) is 2.24. The maximum absolute atomic E-state index is 8.88. The molecule has 2 nitrogen and oxygen atoms in total. The first-order valence-corrected chi connectivity index (χ1v) is 4.17. The van der Waals surface area contributed by atoms with Gasteiger partial charge < -0.3 is 10.0 Å². The van der Waals surface area contributed by atoms with Crippen LogP contribution in [0, 0.1) is 11.8 Å². The Morgan fingerprint density at radius 2 is 1.50 bits per heavy atom. The Bertz CT molecular complexity index is 126. The number of fused-ring (bicyclic) bond motifs is 1. The summed E-state index contributed by atoms with van der Waals surface area (Å²) in [4.78, 5) is 0. The standard InChI is InChI=1S/C7H13BO2/c9-8(10)7-5-3-1-2-4-6(5)7/h5-7,9-10H,1-4H2/t5-,6+,7?. The van der Waals surface area contributed by atoms with Crippen LogP contribution in [0.2, 0.25) is 5.82 Å². The lowest BCUT2D eigenvalue weighted by atomic mass is 9.80. The molecule has 2 rings (SSSR count). The SMILES string of the molecule is OB(O)C1[C@H]2CCCC[C@@H]12. The Balaban J connectivity index is 1.93. The van der Waals surface area contributed by atoms with Crippen molar-refractivity contribution in [2.24, 2.45) is 11.8 Å². The van der Waals surface area contributed by atoms with Gasteiger partial charge in [0.25, 0.3) is 0 Å². The maximum Gasteiger partial charge on any atom is 0.455 e. The van der Waals surface area contributed by atoms with Crippen molar-refractivity contribution in [2.45, 2.75) is 31.5 Å². The van der Waals surface area contributed by atoms with E-state index in [1.807, 2.05) is 0 Å². The highest BCUT2D eigenvalue weighted by molar-refractivity contribution is 6.44. The monoisotopic (exact) mass is 140 g/mol. The molecular formula is C7H13BO2. The molecule has 0 aromatic rings. The first-order chi connectivity index (χ1) is 4.80. The quantitative estimate of drug-likeness (QED) is 0.525. The molecule has 0 aromatic carbocycles. The van der Waals surface area contributed by atoms with Crippen LogP contribution in [0.1, 0.15) is 25.7 Å². The van der Waals surface area contributed by atoms with Gasteiger partial charge in [0.05, 0.1) is 0 Å². The van der Waals surface area contributed by atoms with E-state index in [1.54, 1.807) is 0 Å². The summed E-state index contributed by atoms with van der Waals surface area (Å²) in [5, 5.41) is 17.8. The van der Waals surface area contributed by atoms with E-state index in [0.717, 1.165) is 0 Å². The van der Waals surface area contributed by atoms with Crippen LogP contribution < -0.4 is 0 Å². The number of hydrogen-bond acceptors (Lipinski definition) is 2. The molecule has 1 unspecified atom stereocenters. The predicted molar refractivity (Wildman–Crippen MR) is 39.4 cm³/mol. The van der Waals surface area contributed by atoms with Crippen molar-refractivity contribution in [3.63, 3.8) is 0 Å². The Hall–Kier alpha value is -0.0151. The van der Waals surface area contributed by atoms with Gasteiger partial charge in [-0.15, -0.1) is 0 Å². The fourth-order valence-electron chi connectivity index (χ4n) is 2.49. The van der Waals surface area contributed by atoms with Crippen LogP contribution in [-0.2, 0) is 0 Å². The molecule has 2 aliphatic rings. The zero-order chi connectivity index (χ0) is 7.14. The third-order valence-corrected chi connectivity index (χ3v) is 3.07. The highest BCUT2D eigenvalue weighted by Crippen LogP contribution is 2.60. The van der Waals surface area contributed by atoms with E-state index in [2.05, 4.69) is 0 Å². The molecule has 3 heteroatoms. The van der Waals surface area contributed by atoms with E-state index in [1.165, 1.54) is 25.7 Å². The molecule has 56 valence electrons. The van der Waals surface area contributed by atoms with E-state index in [0.29, 0.717) is 11.8 Å². The van der Waals surface area contributed by atoms with Crippen molar-refractivity contribution in [1.82, 2.24) is 0 Å². The average molecular weight is 140 g/mol. The summed E-state index contributed by atoms with van der Waals surface area (Å²) in [7, 11) is -1.03. The second-order valence-electron chi connectivity index (χ2n) is 3.60. The predicted octanol–water partition coefficient (Wildman–Crippen LogP) is 0.649. The summed E-state index contributed by atoms with van der Waals surface area (Å²) >= 11 is 0. The molecule has 0 bridgehead atoms. The van der Waals surface area contributed by atoms with Crippen molar-refractivity contribution >= 4 is 7.12 Å². The molecular weight excluding hydrogens is 127 g/mol. The molecule has 2 fully saturated rings. The zero-order valence-electron chi connectivity index (χ0n) is 6.03. The largest absolute Gasteiger partial charge is 0.455 e. The number of rotatable bonds is 1. The molecule has 0 spiro atoms. The van der Waals surface area contributed by atoms with E-state index < -0.39 is 7.12 Å². The fourth-order valence-corrected chi connectivity index (χ4v) is 2.49. The summed E-state index contributed by atoms with van der Waals surface area (Å²) in [6.45, 7) is 0. The lowest BCUT2D eigenvalue weighted by Crippen LogP contribution is -2.11. The average Bonchev–Trinajstić information content (AvgIpc) is 2.60. The molecule has 0 aromatic heterocycles. The lowest BCUT2D eigenvalue weighted by Gasteiger charge is -2.05. The molecule has 0 saturated heterocycles. The minimum Gasteiger partial charge on any atom is -0.427 e. The van der Waals surface area contributed by atoms with Crippen molar-refractivity contribution in [1.29, 1.82) is 0 Å². The molecule has 10 heavy (non-hydrogen) atoms. The smallest absolute Gasteiger partial charge is 0.427 e. The molecule has 0 amide bonds. The van der Waals surface area contributed by atoms with Crippen LogP contribution in [0.4, 0.5) is 0 Å². The van der Waals surface area contributed by atoms with Gasteiger partial charge in [0, 0.05) is 0 Å². The van der Waals surface area contributed by atoms with Crippen molar-refractivity contribution in [3.8, 4) is 0 Å². The van der Waals surface area contributed by atoms with Crippen LogP contribution >= 0.6 is 0 Å². The molecule has 0 radical (unpaired) electrons. The fraction of sp³-hybridized carbons (Fsp3) is 1.00. The van der Waals surface area contributed by atoms with Gasteiger partial charge in [0.15, 0.2) is 0 Å². The van der Waals surface area contributed by atoms with Crippen LogP contribution in [0.5, 0.6) is 0 Å². The van der Waals surface area contributed by atoms with Gasteiger partial charge in [-0.25, -0.2) is 0 Å². The summed E-state index contributed by atoms with van der Waals surface area (Å²) < 4.78 is 0. The summed E-state index contributed by atoms with van der Waals surface area (Å²) in [5.41, 5.74) is 0. The van der Waals surface area contributed by atoms with Gasteiger partial charge in [-0.2, -0.15) is 0 Å². The van der Waals surface area contributed by atoms with E-state index in [4.69, 9.17) is 10.0 Å². The first-order valence-electron chi connectivity index (χ1n) is 4.17. The maximum atomic E-state index is 8.88. The Morgan fingerprint density at radius 1 is 1.00 bits per heavy atom. The van der Waals surface area contributed by atoms with Crippen LogP contribution in [-0.4, -0.2) is 17.2 Å². The van der Waals surface area contributed by atoms with Gasteiger partial charge in [-0.05, 0) is 17.7 Å². The Kier molecular flexibility index (Phi) is 1.50. The van der Waals surface area contributed by atoms with E-state index in [9.17, 15) is 0 Å². The van der Waals surface area contributed by atoms with Gasteiger partial charge in [-0.3, -0.25) is 0 Å². The highest BCUT2D eigenvalue weighted by atomic mass is 16.4. The molecule has 0 heterocycles. The Morgan fingerprint density at radius 3 is 1.90 bits per heavy atom. The molecule has 2 aliphatic carbocycles. The lowest BCUT2D eigenvalue weighted by molar-refractivity contribution is 0.398. The normalized spacial score (nSPS) is 44.4. The highest BCUT2D eigenvalue weighted by Gasteiger charge is 2.55. The van der Waals surface area contributed by atoms with Gasteiger partial charge in [-0.1, -0.05) is 25.7 Å². The Labute approximate surface area is 61.4 Å². The molecule has 2 N–H and O–H groups in total. The minimum atomic E-state index is -1.03. The zero-order valence-corrected chi connectivity index (χ0v) is 6.03. The minimum absolute atomic E-state index is 0.238. The van der Waals surface area contributed by atoms with Crippen molar-refractivity contribution in [2.75, 3.05) is 0 Å². The summed E-state index contributed by atoms with van der Waals surface area (Å²) in [5.74, 6) is 1.56. The van der Waals surface area contributed by atoms with Gasteiger partial charge in [0.2, 0.25) is 0 Å². The summed E-state index contributed by atoms with van der Waals surface area (Å²) in [6.07, 6.45) is 5.05. The molecule has 2 saturated carbocycles. The van der Waals surface area contributed by atoms with E-state index >= 15 is 0 Å². The molecule has 0 aliphatic heterocycles. The molecule has 3 atom stereocenters. The van der Waals surface area contributed by atoms with Gasteiger partial charge in [0.1, 0.15) is 0 Å². The van der Waals surface area contributed by atoms with E-state index in [-0.39, 0.29) is 5.82 Å². The second-order valence-corrected chi connectivity index (χ2v) is 3.60. The summed E-state index contributed by atoms with van der Waals surface area (Å²) in [6, 6.07) is 0. The van der Waals surface area contributed by atoms with Crippen LogP contribution in [0.3, 0.4) is 0 Å². The third-order valence-electron chi connectivity index (χ3n) is 3.07. The van der Waals surface area contributed by atoms with Crippen LogP contribution in [0.15, 0.2) is 0 Å². The third kappa shape index (κ3) is 0.885. The first kappa shape index (κ1) is 6.68. The van der Waals surface area contributed by atoms with Crippen molar-refractivity contribution in [3.05, 3.63) is 0 Å². The van der Waals surface area contributed by atoms with Crippen LogP contribution in [0.25, 0.3) is 0 Å². The van der Waals surface area contributed by atoms with Gasteiger partial charge >= 0.3 is 7.12 Å². The van der Waals surface area contributed by atoms with Crippen molar-refractivity contribution < 1.29 is 10.0 Å².